The first kappa shape index (κ1) is 24.7. The van der Waals surface area contributed by atoms with Gasteiger partial charge in [-0.2, -0.15) is 0 Å². The number of amides is 1. The van der Waals surface area contributed by atoms with E-state index in [1.165, 1.54) is 44.8 Å². The Balaban J connectivity index is 1.33. The summed E-state index contributed by atoms with van der Waals surface area (Å²) in [5.41, 5.74) is 3.26. The highest BCUT2D eigenvalue weighted by molar-refractivity contribution is 8.00. The molecule has 0 fully saturated rings. The van der Waals surface area contributed by atoms with Gasteiger partial charge < -0.3 is 10.1 Å². The topological polar surface area (TPSA) is 81.2 Å². The molecule has 2 aliphatic rings. The number of carbonyl (C=O) groups is 2. The Morgan fingerprint density at radius 2 is 1.97 bits per heavy atom. The number of rotatable bonds is 6. The van der Waals surface area contributed by atoms with Crippen LogP contribution >= 0.6 is 34.4 Å². The van der Waals surface area contributed by atoms with Crippen LogP contribution in [0.15, 0.2) is 11.4 Å². The second kappa shape index (κ2) is 9.82. The summed E-state index contributed by atoms with van der Waals surface area (Å²) in [7, 11) is 0. The second-order valence-corrected chi connectivity index (χ2v) is 13.4. The van der Waals surface area contributed by atoms with Gasteiger partial charge in [-0.15, -0.1) is 22.7 Å². The summed E-state index contributed by atoms with van der Waals surface area (Å²) >= 11 is 4.74. The van der Waals surface area contributed by atoms with Crippen molar-refractivity contribution in [2.75, 3.05) is 17.7 Å². The van der Waals surface area contributed by atoms with Crippen LogP contribution in [0.2, 0.25) is 0 Å². The molecule has 0 bridgehead atoms. The van der Waals surface area contributed by atoms with Crippen molar-refractivity contribution < 1.29 is 14.3 Å². The number of nitrogens with zero attached hydrogens (tertiary/aromatic N) is 2. The number of anilines is 1. The number of ether oxygens (including phenoxy) is 1. The lowest BCUT2D eigenvalue weighted by atomic mass is 9.72. The van der Waals surface area contributed by atoms with Crippen LogP contribution in [0, 0.1) is 11.3 Å². The van der Waals surface area contributed by atoms with E-state index in [9.17, 15) is 9.59 Å². The molecule has 6 nitrogen and oxygen atoms in total. The highest BCUT2D eigenvalue weighted by atomic mass is 32.2. The Bertz CT molecular complexity index is 1290. The summed E-state index contributed by atoms with van der Waals surface area (Å²) in [6, 6.07) is 0. The zero-order valence-corrected chi connectivity index (χ0v) is 23.1. The predicted octanol–water partition coefficient (Wildman–Crippen LogP) is 6.30. The first-order valence-electron chi connectivity index (χ1n) is 12.3. The molecule has 186 valence electrons. The van der Waals surface area contributed by atoms with Gasteiger partial charge in [-0.25, -0.2) is 14.8 Å². The molecule has 9 heteroatoms. The molecule has 0 unspecified atom stereocenters. The number of hydrogen-bond acceptors (Lipinski definition) is 8. The molecule has 0 saturated carbocycles. The average Bonchev–Trinajstić information content (AvgIpc) is 3.49. The minimum Gasteiger partial charge on any atom is -0.462 e. The Hall–Kier alpha value is -1.97. The van der Waals surface area contributed by atoms with Gasteiger partial charge in [0.2, 0.25) is 5.91 Å². The molecule has 3 aromatic rings. The first-order valence-corrected chi connectivity index (χ1v) is 14.9. The number of nitrogens with one attached hydrogen (secondary N) is 1. The molecule has 0 saturated heterocycles. The highest BCUT2D eigenvalue weighted by Gasteiger charge is 2.32. The lowest BCUT2D eigenvalue weighted by molar-refractivity contribution is -0.113. The third-order valence-electron chi connectivity index (χ3n) is 7.03. The fourth-order valence-corrected chi connectivity index (χ4v) is 8.59. The SMILES string of the molecule is CCOC(=O)c1c(NC(=O)CSc2ncnc3sc4c(c23)CC[C@@H](C(C)(C)C)C4)sc2c1CCC2. The van der Waals surface area contributed by atoms with Gasteiger partial charge in [0.1, 0.15) is 21.2 Å². The van der Waals surface area contributed by atoms with Crippen LogP contribution in [0.4, 0.5) is 5.00 Å². The van der Waals surface area contributed by atoms with Crippen molar-refractivity contribution in [1.29, 1.82) is 0 Å². The van der Waals surface area contributed by atoms with Crippen molar-refractivity contribution in [1.82, 2.24) is 9.97 Å². The van der Waals surface area contributed by atoms with Gasteiger partial charge in [-0.3, -0.25) is 4.79 Å². The minimum atomic E-state index is -0.342. The Kier molecular flexibility index (Phi) is 6.94. The van der Waals surface area contributed by atoms with E-state index in [2.05, 4.69) is 36.1 Å². The fraction of sp³-hybridized carbons (Fsp3) is 0.538. The van der Waals surface area contributed by atoms with Crippen LogP contribution in [0.5, 0.6) is 0 Å². The summed E-state index contributed by atoms with van der Waals surface area (Å²) < 4.78 is 5.28. The van der Waals surface area contributed by atoms with Gasteiger partial charge in [-0.1, -0.05) is 32.5 Å². The lowest BCUT2D eigenvalue weighted by Crippen LogP contribution is -2.26. The average molecular weight is 530 g/mol. The van der Waals surface area contributed by atoms with Crippen molar-refractivity contribution in [3.05, 3.63) is 32.8 Å². The molecule has 3 heterocycles. The zero-order valence-electron chi connectivity index (χ0n) is 20.7. The molecule has 1 amide bonds. The normalized spacial score (nSPS) is 17.3. The van der Waals surface area contributed by atoms with Gasteiger partial charge in [0.25, 0.3) is 0 Å². The van der Waals surface area contributed by atoms with E-state index in [0.29, 0.717) is 28.5 Å². The molecule has 3 aromatic heterocycles. The van der Waals surface area contributed by atoms with Crippen LogP contribution in [0.1, 0.15) is 71.8 Å². The minimum absolute atomic E-state index is 0.135. The molecular formula is C26H31N3O3S3. The van der Waals surface area contributed by atoms with Crippen LogP contribution < -0.4 is 5.32 Å². The van der Waals surface area contributed by atoms with E-state index < -0.39 is 0 Å². The van der Waals surface area contributed by atoms with Gasteiger partial charge in [-0.05, 0) is 67.9 Å². The third kappa shape index (κ3) is 4.87. The van der Waals surface area contributed by atoms with Gasteiger partial charge in [0.15, 0.2) is 0 Å². The predicted molar refractivity (Wildman–Crippen MR) is 144 cm³/mol. The number of aryl methyl sites for hydroxylation is 2. The first-order chi connectivity index (χ1) is 16.8. The van der Waals surface area contributed by atoms with Crippen molar-refractivity contribution in [2.24, 2.45) is 11.3 Å². The quantitative estimate of drug-likeness (QED) is 0.229. The molecule has 2 aliphatic carbocycles. The van der Waals surface area contributed by atoms with Crippen LogP contribution in [0.25, 0.3) is 10.2 Å². The summed E-state index contributed by atoms with van der Waals surface area (Å²) in [4.78, 5) is 38.3. The molecular weight excluding hydrogens is 499 g/mol. The molecule has 35 heavy (non-hydrogen) atoms. The lowest BCUT2D eigenvalue weighted by Gasteiger charge is -2.33. The summed E-state index contributed by atoms with van der Waals surface area (Å²) in [5, 5.41) is 5.61. The summed E-state index contributed by atoms with van der Waals surface area (Å²) in [6.07, 6.45) is 7.76. The number of thioether (sulfide) groups is 1. The van der Waals surface area contributed by atoms with Crippen molar-refractivity contribution in [3.63, 3.8) is 0 Å². The molecule has 0 spiro atoms. The molecule has 1 N–H and O–H groups in total. The van der Waals surface area contributed by atoms with E-state index in [0.717, 1.165) is 52.9 Å². The molecule has 5 rings (SSSR count). The molecule has 0 aliphatic heterocycles. The van der Waals surface area contributed by atoms with Crippen LogP contribution in [-0.4, -0.2) is 34.2 Å². The number of thiophene rings is 2. The maximum absolute atomic E-state index is 12.9. The third-order valence-corrected chi connectivity index (χ3v) is 10.4. The molecule has 1 atom stereocenters. The van der Waals surface area contributed by atoms with E-state index in [1.54, 1.807) is 24.6 Å². The standard InChI is InChI=1S/C26H31N3O3S3/c1-5-32-25(31)21-15-7-6-8-17(15)34-24(21)29-19(30)12-33-22-20-16-10-9-14(26(2,3)4)11-18(16)35-23(20)28-13-27-22/h13-14H,5-12H2,1-4H3,(H,29,30)/t14-/m1/s1. The number of fused-ring (bicyclic) bond motifs is 4. The Morgan fingerprint density at radius 1 is 1.14 bits per heavy atom. The van der Waals surface area contributed by atoms with E-state index in [1.807, 2.05) is 0 Å². The number of esters is 1. The van der Waals surface area contributed by atoms with E-state index in [4.69, 9.17) is 4.74 Å². The van der Waals surface area contributed by atoms with Crippen molar-refractivity contribution >= 4 is 61.5 Å². The van der Waals surface area contributed by atoms with Gasteiger partial charge >= 0.3 is 5.97 Å². The van der Waals surface area contributed by atoms with Crippen LogP contribution in [0.3, 0.4) is 0 Å². The van der Waals surface area contributed by atoms with Crippen molar-refractivity contribution in [3.8, 4) is 0 Å². The largest absolute Gasteiger partial charge is 0.462 e. The van der Waals surface area contributed by atoms with E-state index >= 15 is 0 Å². The zero-order chi connectivity index (χ0) is 24.7. The summed E-state index contributed by atoms with van der Waals surface area (Å²) in [5.74, 6) is 0.417. The van der Waals surface area contributed by atoms with Crippen LogP contribution in [-0.2, 0) is 35.2 Å². The molecule has 0 aromatic carbocycles. The van der Waals surface area contributed by atoms with Crippen molar-refractivity contribution in [2.45, 2.75) is 71.2 Å². The highest BCUT2D eigenvalue weighted by Crippen LogP contribution is 2.45. The summed E-state index contributed by atoms with van der Waals surface area (Å²) in [6.45, 7) is 9.09. The smallest absolute Gasteiger partial charge is 0.341 e. The second-order valence-electron chi connectivity index (χ2n) is 10.3. The van der Waals surface area contributed by atoms with Gasteiger partial charge in [0, 0.05) is 15.1 Å². The van der Waals surface area contributed by atoms with Gasteiger partial charge in [0.05, 0.1) is 17.9 Å². The molecule has 0 radical (unpaired) electrons. The number of hydrogen-bond donors (Lipinski definition) is 1. The number of carbonyl (C=O) groups excluding carboxylic acids is 2. The maximum atomic E-state index is 12.9. The number of aromatic nitrogens is 2. The Labute approximate surface area is 218 Å². The monoisotopic (exact) mass is 529 g/mol. The van der Waals surface area contributed by atoms with E-state index in [-0.39, 0.29) is 17.6 Å². The maximum Gasteiger partial charge on any atom is 0.341 e. The Morgan fingerprint density at radius 3 is 2.74 bits per heavy atom. The fourth-order valence-electron chi connectivity index (χ4n) is 5.14.